The number of rotatable bonds is 8. The van der Waals surface area contributed by atoms with Crippen molar-refractivity contribution in [1.82, 2.24) is 4.90 Å². The third-order valence-electron chi connectivity index (χ3n) is 4.12. The first-order valence-electron chi connectivity index (χ1n) is 9.44. The van der Waals surface area contributed by atoms with Crippen LogP contribution in [0.3, 0.4) is 0 Å². The van der Waals surface area contributed by atoms with Crippen LogP contribution >= 0.6 is 11.8 Å². The van der Waals surface area contributed by atoms with Gasteiger partial charge in [-0.15, -0.1) is 6.42 Å². The van der Waals surface area contributed by atoms with Gasteiger partial charge in [0, 0.05) is 5.69 Å². The average Bonchev–Trinajstić information content (AvgIpc) is 3.02. The van der Waals surface area contributed by atoms with Crippen LogP contribution in [0.15, 0.2) is 53.4 Å². The van der Waals surface area contributed by atoms with Gasteiger partial charge in [0.25, 0.3) is 11.1 Å². The minimum Gasteiger partial charge on any atom is -0.494 e. The van der Waals surface area contributed by atoms with Crippen LogP contribution in [0, 0.1) is 12.3 Å². The highest BCUT2D eigenvalue weighted by atomic mass is 32.2. The van der Waals surface area contributed by atoms with Crippen molar-refractivity contribution in [3.63, 3.8) is 0 Å². The molecule has 0 radical (unpaired) electrons. The Morgan fingerprint density at radius 2 is 1.74 bits per heavy atom. The first-order chi connectivity index (χ1) is 15.0. The lowest BCUT2D eigenvalue weighted by Crippen LogP contribution is -2.36. The van der Waals surface area contributed by atoms with E-state index < -0.39 is 17.1 Å². The van der Waals surface area contributed by atoms with Gasteiger partial charge in [-0.05, 0) is 66.7 Å². The molecular weight excluding hydrogens is 416 g/mol. The number of benzene rings is 2. The second-order valence-electron chi connectivity index (χ2n) is 6.34. The molecule has 1 heterocycles. The van der Waals surface area contributed by atoms with E-state index in [2.05, 4.69) is 11.2 Å². The summed E-state index contributed by atoms with van der Waals surface area (Å²) < 4.78 is 10.7. The Balaban J connectivity index is 1.61. The molecule has 1 saturated heterocycles. The smallest absolute Gasteiger partial charge is 0.294 e. The summed E-state index contributed by atoms with van der Waals surface area (Å²) in [6.07, 6.45) is 6.75. The molecule has 31 heavy (non-hydrogen) atoms. The third kappa shape index (κ3) is 5.90. The van der Waals surface area contributed by atoms with Crippen LogP contribution in [0.25, 0.3) is 6.08 Å². The van der Waals surface area contributed by atoms with Gasteiger partial charge in [-0.25, -0.2) is 0 Å². The van der Waals surface area contributed by atoms with E-state index in [9.17, 15) is 14.4 Å². The molecule has 7 nitrogen and oxygen atoms in total. The van der Waals surface area contributed by atoms with Gasteiger partial charge in [-0.2, -0.15) is 0 Å². The van der Waals surface area contributed by atoms with Gasteiger partial charge in [0.15, 0.2) is 0 Å². The maximum absolute atomic E-state index is 12.6. The van der Waals surface area contributed by atoms with E-state index in [0.717, 1.165) is 22.2 Å². The molecule has 8 heteroatoms. The summed E-state index contributed by atoms with van der Waals surface area (Å²) >= 11 is 0.795. The quantitative estimate of drug-likeness (QED) is 0.501. The van der Waals surface area contributed by atoms with E-state index in [-0.39, 0.29) is 18.1 Å². The lowest BCUT2D eigenvalue weighted by Gasteiger charge is -2.12. The number of carbonyl (C=O) groups is 3. The monoisotopic (exact) mass is 436 g/mol. The maximum atomic E-state index is 12.6. The van der Waals surface area contributed by atoms with Crippen LogP contribution in [0.1, 0.15) is 12.5 Å². The van der Waals surface area contributed by atoms with Crippen molar-refractivity contribution in [1.29, 1.82) is 0 Å². The predicted molar refractivity (Wildman–Crippen MR) is 120 cm³/mol. The fraction of sp³-hybridized carbons (Fsp3) is 0.174. The summed E-state index contributed by atoms with van der Waals surface area (Å²) in [6.45, 7) is 2.22. The van der Waals surface area contributed by atoms with Gasteiger partial charge in [0.2, 0.25) is 5.91 Å². The Kier molecular flexibility index (Phi) is 7.35. The standard InChI is InChI=1S/C23H20N2O5S/c1-3-13-30-19-9-5-16(6-10-19)14-20-22(27)25(23(28)31-20)15-21(26)24-17-7-11-18(12-8-17)29-4-2/h1,5-12,14H,4,13,15H2,2H3,(H,24,26)/b20-14+. The molecule has 1 fully saturated rings. The average molecular weight is 436 g/mol. The number of thioether (sulfide) groups is 1. The Morgan fingerprint density at radius 1 is 1.10 bits per heavy atom. The van der Waals surface area contributed by atoms with Crippen molar-refractivity contribution in [3.05, 3.63) is 59.0 Å². The van der Waals surface area contributed by atoms with Crippen molar-refractivity contribution >= 4 is 40.6 Å². The zero-order chi connectivity index (χ0) is 22.2. The second kappa shape index (κ2) is 10.4. The lowest BCUT2D eigenvalue weighted by molar-refractivity contribution is -0.127. The van der Waals surface area contributed by atoms with Gasteiger partial charge >= 0.3 is 0 Å². The van der Waals surface area contributed by atoms with Crippen LogP contribution in [0.2, 0.25) is 0 Å². The van der Waals surface area contributed by atoms with E-state index in [1.165, 1.54) is 0 Å². The molecule has 0 saturated carbocycles. The largest absolute Gasteiger partial charge is 0.494 e. The zero-order valence-corrected chi connectivity index (χ0v) is 17.6. The first-order valence-corrected chi connectivity index (χ1v) is 10.3. The number of nitrogens with zero attached hydrogens (tertiary/aromatic N) is 1. The Bertz CT molecular complexity index is 1040. The van der Waals surface area contributed by atoms with Crippen molar-refractivity contribution in [2.45, 2.75) is 6.92 Å². The Labute approximate surface area is 184 Å². The van der Waals surface area contributed by atoms with Crippen LogP contribution in [-0.4, -0.2) is 41.7 Å². The van der Waals surface area contributed by atoms with Crippen molar-refractivity contribution in [2.24, 2.45) is 0 Å². The van der Waals surface area contributed by atoms with Crippen molar-refractivity contribution in [3.8, 4) is 23.8 Å². The molecule has 1 aliphatic rings. The van der Waals surface area contributed by atoms with Crippen molar-refractivity contribution < 1.29 is 23.9 Å². The highest BCUT2D eigenvalue weighted by Gasteiger charge is 2.36. The van der Waals surface area contributed by atoms with Gasteiger partial charge in [-0.3, -0.25) is 19.3 Å². The number of hydrogen-bond acceptors (Lipinski definition) is 6. The van der Waals surface area contributed by atoms with Gasteiger partial charge < -0.3 is 14.8 Å². The Morgan fingerprint density at radius 3 is 2.39 bits per heavy atom. The van der Waals surface area contributed by atoms with E-state index in [1.54, 1.807) is 54.6 Å². The van der Waals surface area contributed by atoms with Crippen LogP contribution in [-0.2, 0) is 9.59 Å². The molecule has 1 N–H and O–H groups in total. The van der Waals surface area contributed by atoms with E-state index in [1.807, 2.05) is 6.92 Å². The lowest BCUT2D eigenvalue weighted by atomic mass is 10.2. The molecule has 2 aromatic carbocycles. The van der Waals surface area contributed by atoms with E-state index >= 15 is 0 Å². The molecule has 0 aromatic heterocycles. The Hall–Kier alpha value is -3.70. The van der Waals surface area contributed by atoms with Gasteiger partial charge in [0.05, 0.1) is 11.5 Å². The van der Waals surface area contributed by atoms with Crippen LogP contribution < -0.4 is 14.8 Å². The summed E-state index contributed by atoms with van der Waals surface area (Å²) in [5, 5.41) is 2.18. The number of nitrogens with one attached hydrogen (secondary N) is 1. The van der Waals surface area contributed by atoms with Crippen molar-refractivity contribution in [2.75, 3.05) is 25.1 Å². The molecule has 0 spiro atoms. The summed E-state index contributed by atoms with van der Waals surface area (Å²) in [5.41, 5.74) is 1.26. The number of hydrogen-bond donors (Lipinski definition) is 1. The summed E-state index contributed by atoms with van der Waals surface area (Å²) in [4.78, 5) is 38.3. The minimum absolute atomic E-state index is 0.164. The number of imide groups is 1. The number of ether oxygens (including phenoxy) is 2. The maximum Gasteiger partial charge on any atom is 0.294 e. The normalized spacial score (nSPS) is 14.5. The molecule has 0 bridgehead atoms. The molecule has 3 amide bonds. The van der Waals surface area contributed by atoms with Crippen LogP contribution in [0.5, 0.6) is 11.5 Å². The molecule has 0 aliphatic carbocycles. The first kappa shape index (κ1) is 22.0. The minimum atomic E-state index is -0.510. The molecule has 158 valence electrons. The summed E-state index contributed by atoms with van der Waals surface area (Å²) in [6, 6.07) is 13.8. The topological polar surface area (TPSA) is 84.9 Å². The number of amides is 3. The highest BCUT2D eigenvalue weighted by molar-refractivity contribution is 8.18. The molecule has 2 aromatic rings. The van der Waals surface area contributed by atoms with Gasteiger partial charge in [0.1, 0.15) is 24.7 Å². The SMILES string of the molecule is C#CCOc1ccc(/C=C2/SC(=O)N(CC(=O)Nc3ccc(OCC)cc3)C2=O)cc1. The molecule has 3 rings (SSSR count). The highest BCUT2D eigenvalue weighted by Crippen LogP contribution is 2.32. The van der Waals surface area contributed by atoms with E-state index in [0.29, 0.717) is 23.8 Å². The van der Waals surface area contributed by atoms with Gasteiger partial charge in [-0.1, -0.05) is 18.1 Å². The number of anilines is 1. The van der Waals surface area contributed by atoms with Crippen LogP contribution in [0.4, 0.5) is 10.5 Å². The molecule has 0 unspecified atom stereocenters. The number of terminal acetylenes is 1. The summed E-state index contributed by atoms with van der Waals surface area (Å²) in [5.74, 6) is 2.69. The fourth-order valence-electron chi connectivity index (χ4n) is 2.72. The third-order valence-corrected chi connectivity index (χ3v) is 5.03. The summed E-state index contributed by atoms with van der Waals surface area (Å²) in [7, 11) is 0. The fourth-order valence-corrected chi connectivity index (χ4v) is 3.56. The molecular formula is C23H20N2O5S. The molecule has 1 aliphatic heterocycles. The van der Waals surface area contributed by atoms with E-state index in [4.69, 9.17) is 15.9 Å². The zero-order valence-electron chi connectivity index (χ0n) is 16.8. The number of carbonyl (C=O) groups excluding carboxylic acids is 3. The predicted octanol–water partition coefficient (Wildman–Crippen LogP) is 3.77. The molecule has 0 atom stereocenters. The second-order valence-corrected chi connectivity index (χ2v) is 7.33.